The Morgan fingerprint density at radius 3 is 3.00 bits per heavy atom. The van der Waals surface area contributed by atoms with E-state index in [2.05, 4.69) is 11.8 Å². The highest BCUT2D eigenvalue weighted by Crippen LogP contribution is 2.15. The SMILES string of the molecule is CCCN1CCCC(C(N)=O)C1. The van der Waals surface area contributed by atoms with E-state index in [1.165, 1.54) is 0 Å². The van der Waals surface area contributed by atoms with Gasteiger partial charge < -0.3 is 10.6 Å². The van der Waals surface area contributed by atoms with E-state index in [4.69, 9.17) is 5.73 Å². The van der Waals surface area contributed by atoms with E-state index in [0.717, 1.165) is 38.9 Å². The molecule has 0 aromatic carbocycles. The van der Waals surface area contributed by atoms with Crippen molar-refractivity contribution in [2.24, 2.45) is 11.7 Å². The van der Waals surface area contributed by atoms with Crippen LogP contribution in [0.25, 0.3) is 0 Å². The van der Waals surface area contributed by atoms with Gasteiger partial charge in [0.1, 0.15) is 0 Å². The molecular weight excluding hydrogens is 152 g/mol. The van der Waals surface area contributed by atoms with Gasteiger partial charge in [-0.2, -0.15) is 0 Å². The first-order valence-electron chi connectivity index (χ1n) is 4.75. The van der Waals surface area contributed by atoms with Gasteiger partial charge in [0, 0.05) is 6.54 Å². The number of amides is 1. The molecule has 1 amide bonds. The second-order valence-corrected chi connectivity index (χ2v) is 3.54. The quantitative estimate of drug-likeness (QED) is 0.674. The number of carbonyl (C=O) groups is 1. The largest absolute Gasteiger partial charge is 0.369 e. The molecule has 1 aliphatic heterocycles. The number of nitrogens with zero attached hydrogens (tertiary/aromatic N) is 1. The van der Waals surface area contributed by atoms with Crippen LogP contribution in [0, 0.1) is 5.92 Å². The maximum Gasteiger partial charge on any atom is 0.221 e. The number of hydrogen-bond donors (Lipinski definition) is 1. The Hall–Kier alpha value is -0.570. The fourth-order valence-corrected chi connectivity index (χ4v) is 1.81. The van der Waals surface area contributed by atoms with Crippen LogP contribution in [-0.2, 0) is 4.79 Å². The molecule has 2 N–H and O–H groups in total. The van der Waals surface area contributed by atoms with Crippen LogP contribution in [0.1, 0.15) is 26.2 Å². The van der Waals surface area contributed by atoms with Crippen LogP contribution in [-0.4, -0.2) is 30.4 Å². The summed E-state index contributed by atoms with van der Waals surface area (Å²) in [4.78, 5) is 13.2. The number of rotatable bonds is 3. The molecule has 3 heteroatoms. The third-order valence-electron chi connectivity index (χ3n) is 2.45. The lowest BCUT2D eigenvalue weighted by molar-refractivity contribution is -0.123. The highest BCUT2D eigenvalue weighted by atomic mass is 16.1. The van der Waals surface area contributed by atoms with E-state index in [9.17, 15) is 4.79 Å². The van der Waals surface area contributed by atoms with Crippen molar-refractivity contribution in [1.29, 1.82) is 0 Å². The second-order valence-electron chi connectivity index (χ2n) is 3.54. The van der Waals surface area contributed by atoms with Crippen molar-refractivity contribution in [3.05, 3.63) is 0 Å². The highest BCUT2D eigenvalue weighted by Gasteiger charge is 2.22. The molecule has 3 nitrogen and oxygen atoms in total. The van der Waals surface area contributed by atoms with E-state index in [1.54, 1.807) is 0 Å². The van der Waals surface area contributed by atoms with Gasteiger partial charge in [0.15, 0.2) is 0 Å². The lowest BCUT2D eigenvalue weighted by atomic mass is 9.97. The van der Waals surface area contributed by atoms with Gasteiger partial charge in [-0.3, -0.25) is 4.79 Å². The summed E-state index contributed by atoms with van der Waals surface area (Å²) in [6, 6.07) is 0. The molecule has 0 saturated carbocycles. The fourth-order valence-electron chi connectivity index (χ4n) is 1.81. The van der Waals surface area contributed by atoms with Crippen molar-refractivity contribution >= 4 is 5.91 Å². The summed E-state index contributed by atoms with van der Waals surface area (Å²) in [6.45, 7) is 5.28. The number of hydrogen-bond acceptors (Lipinski definition) is 2. The summed E-state index contributed by atoms with van der Waals surface area (Å²) in [7, 11) is 0. The minimum atomic E-state index is -0.129. The van der Waals surface area contributed by atoms with Gasteiger partial charge in [-0.1, -0.05) is 6.92 Å². The van der Waals surface area contributed by atoms with Crippen LogP contribution in [0.2, 0.25) is 0 Å². The maximum atomic E-state index is 10.9. The molecule has 12 heavy (non-hydrogen) atoms. The van der Waals surface area contributed by atoms with E-state index in [1.807, 2.05) is 0 Å². The van der Waals surface area contributed by atoms with Crippen LogP contribution in [0.15, 0.2) is 0 Å². The zero-order valence-electron chi connectivity index (χ0n) is 7.75. The van der Waals surface area contributed by atoms with Crippen LogP contribution < -0.4 is 5.73 Å². The van der Waals surface area contributed by atoms with Crippen molar-refractivity contribution in [3.63, 3.8) is 0 Å². The Labute approximate surface area is 73.9 Å². The predicted molar refractivity (Wildman–Crippen MR) is 48.6 cm³/mol. The standard InChI is InChI=1S/C9H18N2O/c1-2-5-11-6-3-4-8(7-11)9(10)12/h8H,2-7H2,1H3,(H2,10,12). The molecule has 0 aliphatic carbocycles. The van der Waals surface area contributed by atoms with Crippen LogP contribution in [0.5, 0.6) is 0 Å². The first-order chi connectivity index (χ1) is 5.74. The first-order valence-corrected chi connectivity index (χ1v) is 4.75. The number of likely N-dealkylation sites (tertiary alicyclic amines) is 1. The minimum absolute atomic E-state index is 0.102. The molecule has 1 aliphatic rings. The van der Waals surface area contributed by atoms with Crippen molar-refractivity contribution in [3.8, 4) is 0 Å². The average Bonchev–Trinajstić information content (AvgIpc) is 2.05. The minimum Gasteiger partial charge on any atom is -0.369 e. The summed E-state index contributed by atoms with van der Waals surface area (Å²) in [5.74, 6) is -0.0268. The van der Waals surface area contributed by atoms with Gasteiger partial charge >= 0.3 is 0 Å². The molecule has 1 atom stereocenters. The van der Waals surface area contributed by atoms with Crippen molar-refractivity contribution in [1.82, 2.24) is 4.90 Å². The lowest BCUT2D eigenvalue weighted by Crippen LogP contribution is -2.41. The van der Waals surface area contributed by atoms with Gasteiger partial charge in [-0.25, -0.2) is 0 Å². The maximum absolute atomic E-state index is 10.9. The zero-order valence-corrected chi connectivity index (χ0v) is 7.75. The molecule has 1 heterocycles. The predicted octanol–water partition coefficient (Wildman–Crippen LogP) is 0.594. The molecule has 1 saturated heterocycles. The Morgan fingerprint density at radius 1 is 1.67 bits per heavy atom. The van der Waals surface area contributed by atoms with Crippen molar-refractivity contribution in [2.45, 2.75) is 26.2 Å². The molecule has 0 aromatic heterocycles. The Morgan fingerprint density at radius 2 is 2.42 bits per heavy atom. The van der Waals surface area contributed by atoms with Gasteiger partial charge in [0.2, 0.25) is 5.91 Å². The molecule has 0 spiro atoms. The summed E-state index contributed by atoms with van der Waals surface area (Å²) < 4.78 is 0. The number of carbonyl (C=O) groups excluding carboxylic acids is 1. The summed E-state index contributed by atoms with van der Waals surface area (Å²) >= 11 is 0. The lowest BCUT2D eigenvalue weighted by Gasteiger charge is -2.30. The second kappa shape index (κ2) is 4.45. The van der Waals surface area contributed by atoms with Crippen LogP contribution >= 0.6 is 0 Å². The highest BCUT2D eigenvalue weighted by molar-refractivity contribution is 5.76. The third kappa shape index (κ3) is 2.48. The number of piperidine rings is 1. The van der Waals surface area contributed by atoms with E-state index in [0.29, 0.717) is 0 Å². The van der Waals surface area contributed by atoms with Gasteiger partial charge in [-0.05, 0) is 32.4 Å². The van der Waals surface area contributed by atoms with Crippen molar-refractivity contribution < 1.29 is 4.79 Å². The summed E-state index contributed by atoms with van der Waals surface area (Å²) in [6.07, 6.45) is 3.26. The topological polar surface area (TPSA) is 46.3 Å². The van der Waals surface area contributed by atoms with E-state index < -0.39 is 0 Å². The number of nitrogens with two attached hydrogens (primary N) is 1. The Balaban J connectivity index is 2.35. The average molecular weight is 170 g/mol. The van der Waals surface area contributed by atoms with E-state index >= 15 is 0 Å². The van der Waals surface area contributed by atoms with Gasteiger partial charge in [0.05, 0.1) is 5.92 Å². The Kier molecular flexibility index (Phi) is 3.53. The van der Waals surface area contributed by atoms with Crippen LogP contribution in [0.4, 0.5) is 0 Å². The molecule has 0 aromatic rings. The van der Waals surface area contributed by atoms with E-state index in [-0.39, 0.29) is 11.8 Å². The third-order valence-corrected chi connectivity index (χ3v) is 2.45. The molecule has 0 radical (unpaired) electrons. The van der Waals surface area contributed by atoms with Gasteiger partial charge in [-0.15, -0.1) is 0 Å². The molecule has 70 valence electrons. The Bertz CT molecular complexity index is 157. The normalized spacial score (nSPS) is 25.6. The summed E-state index contributed by atoms with van der Waals surface area (Å²) in [5.41, 5.74) is 5.26. The zero-order chi connectivity index (χ0) is 8.97. The summed E-state index contributed by atoms with van der Waals surface area (Å²) in [5, 5.41) is 0. The smallest absolute Gasteiger partial charge is 0.221 e. The van der Waals surface area contributed by atoms with Crippen molar-refractivity contribution in [2.75, 3.05) is 19.6 Å². The first kappa shape index (κ1) is 9.52. The molecular formula is C9H18N2O. The monoisotopic (exact) mass is 170 g/mol. The molecule has 1 unspecified atom stereocenters. The van der Waals surface area contributed by atoms with Crippen LogP contribution in [0.3, 0.4) is 0 Å². The molecule has 0 bridgehead atoms. The molecule has 1 fully saturated rings. The molecule has 1 rings (SSSR count). The van der Waals surface area contributed by atoms with Gasteiger partial charge in [0.25, 0.3) is 0 Å². The number of primary amides is 1. The fraction of sp³-hybridized carbons (Fsp3) is 0.889.